The highest BCUT2D eigenvalue weighted by Gasteiger charge is 2.38. The summed E-state index contributed by atoms with van der Waals surface area (Å²) in [6.45, 7) is 9.37. The van der Waals surface area contributed by atoms with Crippen molar-refractivity contribution in [2.24, 2.45) is 0 Å². The maximum Gasteiger partial charge on any atom is 0.0972 e. The van der Waals surface area contributed by atoms with Crippen LogP contribution in [0.4, 0.5) is 34.1 Å². The fourth-order valence-electron chi connectivity index (χ4n) is 12.7. The summed E-state index contributed by atoms with van der Waals surface area (Å²) in [6.07, 6.45) is 3.73. The van der Waals surface area contributed by atoms with Gasteiger partial charge >= 0.3 is 0 Å². The number of para-hydroxylation sites is 4. The molecule has 13 aromatic rings. The van der Waals surface area contributed by atoms with E-state index >= 15 is 0 Å². The van der Waals surface area contributed by atoms with Gasteiger partial charge in [-0.3, -0.25) is 9.97 Å². The van der Waals surface area contributed by atoms with E-state index in [1.165, 1.54) is 45.0 Å². The van der Waals surface area contributed by atoms with Crippen molar-refractivity contribution in [1.82, 2.24) is 19.9 Å². The summed E-state index contributed by atoms with van der Waals surface area (Å²) in [6, 6.07) is 75.2. The van der Waals surface area contributed by atoms with E-state index in [1.54, 1.807) is 0 Å². The summed E-state index contributed by atoms with van der Waals surface area (Å²) in [4.78, 5) is 26.1. The van der Waals surface area contributed by atoms with E-state index in [9.17, 15) is 0 Å². The largest absolute Gasteiger partial charge is 0.310 e. The number of pyridine rings is 4. The van der Waals surface area contributed by atoms with Crippen LogP contribution in [0.3, 0.4) is 0 Å². The zero-order valence-electron chi connectivity index (χ0n) is 41.5. The third-order valence-electron chi connectivity index (χ3n) is 16.2. The molecule has 0 radical (unpaired) electrons. The Balaban J connectivity index is 1.09. The Bertz CT molecular complexity index is 4140. The molecule has 6 heteroatoms. The van der Waals surface area contributed by atoms with E-state index in [-0.39, 0.29) is 10.8 Å². The minimum absolute atomic E-state index is 0.204. The molecule has 2 aliphatic heterocycles. The average molecular weight is 949 g/mol. The van der Waals surface area contributed by atoms with Gasteiger partial charge in [0.15, 0.2) is 0 Å². The molecule has 0 fully saturated rings. The van der Waals surface area contributed by atoms with Crippen LogP contribution in [-0.4, -0.2) is 19.9 Å². The van der Waals surface area contributed by atoms with Gasteiger partial charge in [0.25, 0.3) is 0 Å². The topological polar surface area (TPSA) is 58.0 Å². The Hall–Kier alpha value is -9.26. The second kappa shape index (κ2) is 15.6. The Morgan fingerprint density at radius 2 is 0.649 bits per heavy atom. The molecule has 0 amide bonds. The highest BCUT2D eigenvalue weighted by Crippen LogP contribution is 2.55. The van der Waals surface area contributed by atoms with Crippen LogP contribution in [0.25, 0.3) is 87.7 Å². The second-order valence-corrected chi connectivity index (χ2v) is 21.0. The van der Waals surface area contributed by atoms with Crippen molar-refractivity contribution < 1.29 is 0 Å². The monoisotopic (exact) mass is 948 g/mol. The Kier molecular flexibility index (Phi) is 8.95. The molecule has 0 saturated carbocycles. The average Bonchev–Trinajstić information content (AvgIpc) is 3.47. The smallest absolute Gasteiger partial charge is 0.0972 e. The van der Waals surface area contributed by atoms with E-state index in [0.29, 0.717) is 0 Å². The Morgan fingerprint density at radius 3 is 1.03 bits per heavy atom. The van der Waals surface area contributed by atoms with Crippen molar-refractivity contribution in [3.8, 4) is 22.5 Å². The van der Waals surface area contributed by atoms with Gasteiger partial charge < -0.3 is 9.80 Å². The van der Waals surface area contributed by atoms with Crippen LogP contribution in [0, 0.1) is 0 Å². The molecule has 6 nitrogen and oxygen atoms in total. The molecule has 0 N–H and O–H groups in total. The minimum atomic E-state index is -0.204. The van der Waals surface area contributed by atoms with Crippen molar-refractivity contribution in [2.45, 2.75) is 38.5 Å². The van der Waals surface area contributed by atoms with Crippen molar-refractivity contribution in [2.75, 3.05) is 9.80 Å². The predicted octanol–water partition coefficient (Wildman–Crippen LogP) is 17.7. The van der Waals surface area contributed by atoms with Gasteiger partial charge in [-0.05, 0) is 117 Å². The van der Waals surface area contributed by atoms with Gasteiger partial charge in [0.2, 0.25) is 0 Å². The quantitative estimate of drug-likeness (QED) is 0.129. The SMILES string of the molecule is CC1(C)c2ccccc2N(c2ccc3c(-c4ccc5ccc6cccnc6c5n4)c4cc(N5c6ccccc6C(C)(C)c6ccccc65)ccc4c(-c4ccc5ccc6cccnc6c5n4)c3c2)c2ccccc21. The molecule has 0 spiro atoms. The third kappa shape index (κ3) is 6.05. The highest BCUT2D eigenvalue weighted by molar-refractivity contribution is 6.23. The molecular formula is C68H48N6. The van der Waals surface area contributed by atoms with Crippen molar-refractivity contribution in [3.05, 3.63) is 241 Å². The number of rotatable bonds is 4. The lowest BCUT2D eigenvalue weighted by molar-refractivity contribution is 0.632. The first-order valence-electron chi connectivity index (χ1n) is 25.5. The zero-order chi connectivity index (χ0) is 49.5. The Morgan fingerprint density at radius 1 is 0.311 bits per heavy atom. The van der Waals surface area contributed by atoms with Crippen LogP contribution in [-0.2, 0) is 10.8 Å². The van der Waals surface area contributed by atoms with Crippen LogP contribution < -0.4 is 9.80 Å². The first-order chi connectivity index (χ1) is 36.2. The lowest BCUT2D eigenvalue weighted by Crippen LogP contribution is -2.30. The Labute approximate surface area is 428 Å². The maximum absolute atomic E-state index is 5.66. The molecule has 9 aromatic carbocycles. The van der Waals surface area contributed by atoms with Crippen molar-refractivity contribution in [3.63, 3.8) is 0 Å². The number of anilines is 6. The second-order valence-electron chi connectivity index (χ2n) is 21.0. The van der Waals surface area contributed by atoms with Crippen LogP contribution >= 0.6 is 0 Å². The molecule has 6 heterocycles. The van der Waals surface area contributed by atoms with Gasteiger partial charge in [-0.1, -0.05) is 161 Å². The molecule has 2 aliphatic rings. The first kappa shape index (κ1) is 42.4. The number of fused-ring (bicyclic) bond motifs is 12. The molecule has 0 unspecified atom stereocenters. The molecule has 0 saturated heterocycles. The van der Waals surface area contributed by atoms with Gasteiger partial charge in [0.05, 0.1) is 56.2 Å². The first-order valence-corrected chi connectivity index (χ1v) is 25.5. The molecule has 0 aliphatic carbocycles. The molecule has 0 atom stereocenters. The van der Waals surface area contributed by atoms with Crippen molar-refractivity contribution >= 4 is 99.3 Å². The van der Waals surface area contributed by atoms with E-state index in [0.717, 1.165) is 99.0 Å². The molecule has 0 bridgehead atoms. The lowest BCUT2D eigenvalue weighted by Gasteiger charge is -2.42. The van der Waals surface area contributed by atoms with Crippen LogP contribution in [0.2, 0.25) is 0 Å². The van der Waals surface area contributed by atoms with Gasteiger partial charge in [-0.15, -0.1) is 0 Å². The zero-order valence-corrected chi connectivity index (χ0v) is 41.5. The van der Waals surface area contributed by atoms with E-state index in [1.807, 2.05) is 24.5 Å². The molecule has 15 rings (SSSR count). The standard InChI is InChI=1S/C68H48N6/c1-67(2)51-17-5-9-21-57(51)73(58-22-10-6-18-52(58)67)45-31-33-47-49(39-45)61(55-35-29-43-27-25-41-15-13-37-69-63(41)65(43)71-55)48-34-32-46(74-59-23-11-7-19-53(59)68(3,4)54-20-8-12-24-60(54)74)40-50(48)62(47)56-36-30-44-28-26-42-16-14-38-70-64(42)66(44)72-56/h5-40H,1-4H3. The number of hydrogen-bond donors (Lipinski definition) is 0. The normalized spacial score (nSPS) is 14.4. The predicted molar refractivity (Wildman–Crippen MR) is 307 cm³/mol. The summed E-state index contributed by atoms with van der Waals surface area (Å²) < 4.78 is 0. The summed E-state index contributed by atoms with van der Waals surface area (Å²) in [5.74, 6) is 0. The third-order valence-corrected chi connectivity index (χ3v) is 16.2. The summed E-state index contributed by atoms with van der Waals surface area (Å²) >= 11 is 0. The summed E-state index contributed by atoms with van der Waals surface area (Å²) in [5, 5.41) is 8.50. The highest BCUT2D eigenvalue weighted by atomic mass is 15.2. The van der Waals surface area contributed by atoms with Gasteiger partial charge in [-0.25, -0.2) is 9.97 Å². The van der Waals surface area contributed by atoms with E-state index in [2.05, 4.69) is 232 Å². The van der Waals surface area contributed by atoms with Gasteiger partial charge in [0, 0.05) is 67.3 Å². The van der Waals surface area contributed by atoms with Crippen LogP contribution in [0.15, 0.2) is 219 Å². The van der Waals surface area contributed by atoms with Crippen molar-refractivity contribution in [1.29, 1.82) is 0 Å². The fraction of sp³-hybridized carbons (Fsp3) is 0.0882. The number of benzene rings is 9. The number of aromatic nitrogens is 4. The van der Waals surface area contributed by atoms with Gasteiger partial charge in [0.1, 0.15) is 0 Å². The minimum Gasteiger partial charge on any atom is -0.310 e. The van der Waals surface area contributed by atoms with Crippen LogP contribution in [0.5, 0.6) is 0 Å². The molecule has 4 aromatic heterocycles. The fourth-order valence-corrected chi connectivity index (χ4v) is 12.7. The van der Waals surface area contributed by atoms with E-state index < -0.39 is 0 Å². The molecule has 74 heavy (non-hydrogen) atoms. The summed E-state index contributed by atoms with van der Waals surface area (Å²) in [5.41, 5.74) is 18.9. The molecule has 350 valence electrons. The lowest BCUT2D eigenvalue weighted by atomic mass is 9.73. The van der Waals surface area contributed by atoms with E-state index in [4.69, 9.17) is 19.9 Å². The molecular weight excluding hydrogens is 901 g/mol. The summed E-state index contributed by atoms with van der Waals surface area (Å²) in [7, 11) is 0. The number of hydrogen-bond acceptors (Lipinski definition) is 6. The number of nitrogens with zero attached hydrogens (tertiary/aromatic N) is 6. The van der Waals surface area contributed by atoms with Crippen LogP contribution in [0.1, 0.15) is 49.9 Å². The maximum atomic E-state index is 5.66. The van der Waals surface area contributed by atoms with Gasteiger partial charge in [-0.2, -0.15) is 0 Å².